The number of halogens is 1. The van der Waals surface area contributed by atoms with Gasteiger partial charge in [0.25, 0.3) is 0 Å². The molecule has 0 amide bonds. The van der Waals surface area contributed by atoms with Crippen molar-refractivity contribution in [2.24, 2.45) is 0 Å². The van der Waals surface area contributed by atoms with E-state index < -0.39 is 0 Å². The Morgan fingerprint density at radius 2 is 1.52 bits per heavy atom. The second-order valence-electron chi connectivity index (χ2n) is 5.58. The molecule has 1 N–H and O–H groups in total. The molecule has 3 rings (SSSR count). The summed E-state index contributed by atoms with van der Waals surface area (Å²) >= 11 is 11.5. The number of nitrogens with one attached hydrogen (secondary N) is 1. The Morgan fingerprint density at radius 1 is 0.840 bits per heavy atom. The van der Waals surface area contributed by atoms with E-state index in [1.54, 1.807) is 0 Å². The first-order chi connectivity index (χ1) is 12.2. The molecule has 0 saturated carbocycles. The number of hydrogen-bond acceptors (Lipinski definition) is 2. The molecule has 0 atom stereocenters. The van der Waals surface area contributed by atoms with Crippen LogP contribution in [0.2, 0.25) is 5.02 Å². The Kier molecular flexibility index (Phi) is 6.04. The number of thiocarbonyl (C=S) groups is 1. The van der Waals surface area contributed by atoms with E-state index in [9.17, 15) is 0 Å². The van der Waals surface area contributed by atoms with Crippen molar-refractivity contribution in [3.63, 3.8) is 0 Å². The number of para-hydroxylation sites is 1. The molecule has 0 unspecified atom stereocenters. The first-order valence-electron chi connectivity index (χ1n) is 8.01. The molecule has 0 saturated heterocycles. The van der Waals surface area contributed by atoms with Gasteiger partial charge in [-0.2, -0.15) is 0 Å². The third-order valence-corrected chi connectivity index (χ3v) is 4.35. The van der Waals surface area contributed by atoms with E-state index in [4.69, 9.17) is 28.6 Å². The molecule has 0 bridgehead atoms. The van der Waals surface area contributed by atoms with Crippen LogP contribution in [0.3, 0.4) is 0 Å². The lowest BCUT2D eigenvalue weighted by molar-refractivity contribution is 0.305. The van der Waals surface area contributed by atoms with Gasteiger partial charge in [0, 0.05) is 11.6 Å². The van der Waals surface area contributed by atoms with Crippen LogP contribution in [0.15, 0.2) is 78.9 Å². The summed E-state index contributed by atoms with van der Waals surface area (Å²) < 4.78 is 5.97. The average molecular weight is 368 g/mol. The summed E-state index contributed by atoms with van der Waals surface area (Å²) in [6.07, 6.45) is 0. The molecule has 4 heteroatoms. The van der Waals surface area contributed by atoms with E-state index in [0.29, 0.717) is 18.1 Å². The molecular weight excluding hydrogens is 350 g/mol. The first kappa shape index (κ1) is 17.5. The molecule has 25 heavy (non-hydrogen) atoms. The number of benzene rings is 3. The van der Waals surface area contributed by atoms with Gasteiger partial charge in [0.15, 0.2) is 0 Å². The van der Waals surface area contributed by atoms with Crippen LogP contribution in [0.25, 0.3) is 0 Å². The summed E-state index contributed by atoms with van der Waals surface area (Å²) in [6, 6.07) is 25.6. The summed E-state index contributed by atoms with van der Waals surface area (Å²) in [4.78, 5) is 0.676. The van der Waals surface area contributed by atoms with Crippen molar-refractivity contribution < 1.29 is 4.74 Å². The number of rotatable bonds is 6. The Labute approximate surface area is 158 Å². The van der Waals surface area contributed by atoms with Crippen LogP contribution in [0.4, 0.5) is 0 Å². The van der Waals surface area contributed by atoms with Crippen molar-refractivity contribution in [1.82, 2.24) is 5.32 Å². The second-order valence-corrected chi connectivity index (χ2v) is 6.42. The average Bonchev–Trinajstić information content (AvgIpc) is 2.67. The fraction of sp³-hybridized carbons (Fsp3) is 0.0952. The predicted molar refractivity (Wildman–Crippen MR) is 107 cm³/mol. The van der Waals surface area contributed by atoms with Crippen LogP contribution in [-0.4, -0.2) is 4.99 Å². The van der Waals surface area contributed by atoms with E-state index >= 15 is 0 Å². The summed E-state index contributed by atoms with van der Waals surface area (Å²) in [5.74, 6) is 0.767. The monoisotopic (exact) mass is 367 g/mol. The molecule has 0 spiro atoms. The van der Waals surface area contributed by atoms with Gasteiger partial charge >= 0.3 is 0 Å². The van der Waals surface area contributed by atoms with Crippen molar-refractivity contribution in [3.8, 4) is 5.75 Å². The highest BCUT2D eigenvalue weighted by atomic mass is 35.5. The maximum atomic E-state index is 5.97. The van der Waals surface area contributed by atoms with Gasteiger partial charge in [-0.05, 0) is 35.4 Å². The van der Waals surface area contributed by atoms with Crippen molar-refractivity contribution in [2.75, 3.05) is 0 Å². The van der Waals surface area contributed by atoms with Gasteiger partial charge in [0.1, 0.15) is 17.3 Å². The Hall–Kier alpha value is -2.36. The molecule has 0 heterocycles. The Morgan fingerprint density at radius 3 is 2.28 bits per heavy atom. The number of ether oxygens (including phenoxy) is 1. The minimum Gasteiger partial charge on any atom is -0.488 e. The van der Waals surface area contributed by atoms with Crippen LogP contribution in [-0.2, 0) is 13.2 Å². The molecule has 3 aromatic rings. The lowest BCUT2D eigenvalue weighted by Gasteiger charge is -2.14. The minimum absolute atomic E-state index is 0.468. The van der Waals surface area contributed by atoms with Crippen molar-refractivity contribution in [2.45, 2.75) is 13.2 Å². The molecular formula is C21H18ClNOS. The van der Waals surface area contributed by atoms with Gasteiger partial charge < -0.3 is 10.1 Å². The quantitative estimate of drug-likeness (QED) is 0.590. The fourth-order valence-corrected chi connectivity index (χ4v) is 2.76. The summed E-state index contributed by atoms with van der Waals surface area (Å²) in [5.41, 5.74) is 3.13. The normalized spacial score (nSPS) is 10.3. The first-order valence-corrected chi connectivity index (χ1v) is 8.79. The molecule has 0 aliphatic heterocycles. The number of hydrogen-bond donors (Lipinski definition) is 1. The standard InChI is InChI=1S/C21H18ClNOS/c22-18-12-10-17(11-13-18)15-24-20-9-5-4-8-19(20)21(25)23-14-16-6-2-1-3-7-16/h1-13H,14-15H2,(H,23,25). The molecule has 0 aromatic heterocycles. The van der Waals surface area contributed by atoms with Crippen molar-refractivity contribution in [3.05, 3.63) is 101 Å². The van der Waals surface area contributed by atoms with Crippen LogP contribution in [0.1, 0.15) is 16.7 Å². The highest BCUT2D eigenvalue weighted by Gasteiger charge is 2.08. The minimum atomic E-state index is 0.468. The van der Waals surface area contributed by atoms with Crippen molar-refractivity contribution >= 4 is 28.8 Å². The highest BCUT2D eigenvalue weighted by Crippen LogP contribution is 2.20. The summed E-state index contributed by atoms with van der Waals surface area (Å²) in [7, 11) is 0. The topological polar surface area (TPSA) is 21.3 Å². The van der Waals surface area contributed by atoms with Crippen LogP contribution in [0.5, 0.6) is 5.75 Å². The third-order valence-electron chi connectivity index (χ3n) is 3.74. The van der Waals surface area contributed by atoms with E-state index in [-0.39, 0.29) is 0 Å². The highest BCUT2D eigenvalue weighted by molar-refractivity contribution is 7.80. The molecule has 0 aliphatic carbocycles. The SMILES string of the molecule is S=C(NCc1ccccc1)c1ccccc1OCc1ccc(Cl)cc1. The van der Waals surface area contributed by atoms with E-state index in [1.807, 2.05) is 66.7 Å². The molecule has 0 radical (unpaired) electrons. The zero-order chi connectivity index (χ0) is 17.5. The zero-order valence-electron chi connectivity index (χ0n) is 13.6. The molecule has 0 aliphatic rings. The van der Waals surface area contributed by atoms with Crippen LogP contribution in [0, 0.1) is 0 Å². The van der Waals surface area contributed by atoms with Gasteiger partial charge in [-0.15, -0.1) is 0 Å². The summed E-state index contributed by atoms with van der Waals surface area (Å²) in [6.45, 7) is 1.15. The van der Waals surface area contributed by atoms with Gasteiger partial charge in [-0.3, -0.25) is 0 Å². The van der Waals surface area contributed by atoms with E-state index in [1.165, 1.54) is 5.56 Å². The molecule has 2 nitrogen and oxygen atoms in total. The second kappa shape index (κ2) is 8.65. The Bertz CT molecular complexity index is 834. The largest absolute Gasteiger partial charge is 0.488 e. The maximum absolute atomic E-state index is 5.97. The molecule has 126 valence electrons. The lowest BCUT2D eigenvalue weighted by atomic mass is 10.1. The van der Waals surface area contributed by atoms with Gasteiger partial charge in [-0.1, -0.05) is 78.4 Å². The maximum Gasteiger partial charge on any atom is 0.129 e. The van der Waals surface area contributed by atoms with Crippen molar-refractivity contribution in [1.29, 1.82) is 0 Å². The molecule has 0 fully saturated rings. The third kappa shape index (κ3) is 5.05. The van der Waals surface area contributed by atoms with Gasteiger partial charge in [0.2, 0.25) is 0 Å². The van der Waals surface area contributed by atoms with Crippen LogP contribution >= 0.6 is 23.8 Å². The van der Waals surface area contributed by atoms with Crippen LogP contribution < -0.4 is 10.1 Å². The zero-order valence-corrected chi connectivity index (χ0v) is 15.2. The van der Waals surface area contributed by atoms with E-state index in [2.05, 4.69) is 17.4 Å². The summed E-state index contributed by atoms with van der Waals surface area (Å²) in [5, 5.41) is 4.01. The predicted octanol–water partition coefficient (Wildman–Crippen LogP) is 5.38. The van der Waals surface area contributed by atoms with E-state index in [0.717, 1.165) is 21.9 Å². The molecule has 3 aromatic carbocycles. The van der Waals surface area contributed by atoms with Gasteiger partial charge in [0.05, 0.1) is 5.56 Å². The Balaban J connectivity index is 1.65. The fourth-order valence-electron chi connectivity index (χ4n) is 2.40. The van der Waals surface area contributed by atoms with Gasteiger partial charge in [-0.25, -0.2) is 0 Å². The lowest BCUT2D eigenvalue weighted by Crippen LogP contribution is -2.22. The smallest absolute Gasteiger partial charge is 0.129 e.